The largest absolute Gasteiger partial charge is 0.320 e. The molecular formula is C20H17N5O2. The van der Waals surface area contributed by atoms with Crippen LogP contribution in [-0.2, 0) is 4.79 Å². The van der Waals surface area contributed by atoms with Crippen LogP contribution in [0.4, 0.5) is 11.5 Å². The molecule has 134 valence electrons. The monoisotopic (exact) mass is 359 g/mol. The van der Waals surface area contributed by atoms with Crippen LogP contribution >= 0.6 is 0 Å². The zero-order valence-electron chi connectivity index (χ0n) is 14.4. The number of carbonyl (C=O) groups excluding carboxylic acids is 2. The summed E-state index contributed by atoms with van der Waals surface area (Å²) in [4.78, 5) is 36.8. The average Bonchev–Trinajstić information content (AvgIpc) is 3.55. The van der Waals surface area contributed by atoms with Crippen LogP contribution in [0.25, 0.3) is 11.3 Å². The van der Waals surface area contributed by atoms with Crippen molar-refractivity contribution in [2.45, 2.75) is 12.8 Å². The number of aromatic nitrogens is 3. The van der Waals surface area contributed by atoms with Crippen LogP contribution < -0.4 is 10.6 Å². The van der Waals surface area contributed by atoms with Crippen LogP contribution in [0.3, 0.4) is 0 Å². The summed E-state index contributed by atoms with van der Waals surface area (Å²) in [7, 11) is 0. The molecule has 1 saturated carbocycles. The van der Waals surface area contributed by atoms with E-state index in [0.717, 1.165) is 18.4 Å². The lowest BCUT2D eigenvalue weighted by molar-refractivity contribution is -0.117. The second-order valence-corrected chi connectivity index (χ2v) is 6.30. The van der Waals surface area contributed by atoms with E-state index in [2.05, 4.69) is 25.6 Å². The average molecular weight is 359 g/mol. The highest BCUT2D eigenvalue weighted by Crippen LogP contribution is 2.30. The predicted molar refractivity (Wildman–Crippen MR) is 101 cm³/mol. The quantitative estimate of drug-likeness (QED) is 0.729. The normalized spacial score (nSPS) is 13.0. The van der Waals surface area contributed by atoms with Crippen LogP contribution in [0.15, 0.2) is 61.2 Å². The summed E-state index contributed by atoms with van der Waals surface area (Å²) < 4.78 is 0. The maximum atomic E-state index is 12.7. The minimum absolute atomic E-state index is 0.00628. The van der Waals surface area contributed by atoms with E-state index in [-0.39, 0.29) is 17.7 Å². The van der Waals surface area contributed by atoms with Gasteiger partial charge in [-0.2, -0.15) is 0 Å². The van der Waals surface area contributed by atoms with E-state index in [1.807, 2.05) is 30.3 Å². The predicted octanol–water partition coefficient (Wildman–Crippen LogP) is 3.14. The number of pyridine rings is 1. The highest BCUT2D eigenvalue weighted by atomic mass is 16.2. The van der Waals surface area contributed by atoms with Gasteiger partial charge in [-0.15, -0.1) is 0 Å². The second kappa shape index (κ2) is 7.33. The summed E-state index contributed by atoms with van der Waals surface area (Å²) in [5.74, 6) is 0.248. The third kappa shape index (κ3) is 3.98. The minimum atomic E-state index is -0.328. The van der Waals surface area contributed by atoms with Crippen molar-refractivity contribution in [2.75, 3.05) is 10.6 Å². The van der Waals surface area contributed by atoms with Gasteiger partial charge in [0, 0.05) is 17.7 Å². The van der Waals surface area contributed by atoms with Crippen molar-refractivity contribution < 1.29 is 9.59 Å². The Morgan fingerprint density at radius 2 is 1.74 bits per heavy atom. The molecule has 2 amide bonds. The van der Waals surface area contributed by atoms with E-state index >= 15 is 0 Å². The van der Waals surface area contributed by atoms with Crippen LogP contribution in [-0.4, -0.2) is 26.8 Å². The maximum absolute atomic E-state index is 12.7. The van der Waals surface area contributed by atoms with Gasteiger partial charge in [0.2, 0.25) is 5.91 Å². The van der Waals surface area contributed by atoms with Crippen molar-refractivity contribution in [3.05, 3.63) is 66.7 Å². The maximum Gasteiger partial charge on any atom is 0.259 e. The molecule has 4 rings (SSSR count). The van der Waals surface area contributed by atoms with E-state index in [1.54, 1.807) is 12.1 Å². The van der Waals surface area contributed by atoms with Gasteiger partial charge >= 0.3 is 0 Å². The van der Waals surface area contributed by atoms with Gasteiger partial charge in [0.1, 0.15) is 12.1 Å². The summed E-state index contributed by atoms with van der Waals surface area (Å²) in [6.45, 7) is 0. The first-order valence-corrected chi connectivity index (χ1v) is 8.64. The molecule has 0 atom stereocenters. The number of hydrogen-bond acceptors (Lipinski definition) is 5. The molecule has 0 aliphatic heterocycles. The SMILES string of the molecule is O=C(Nc1ccc(NC(=O)C2CC2)nc1)c1cncnc1-c1ccccc1. The Balaban J connectivity index is 1.49. The third-order valence-electron chi connectivity index (χ3n) is 4.22. The van der Waals surface area contributed by atoms with Crippen molar-refractivity contribution in [1.29, 1.82) is 0 Å². The van der Waals surface area contributed by atoms with Gasteiger partial charge in [-0.25, -0.2) is 15.0 Å². The molecule has 0 spiro atoms. The number of nitrogens with zero attached hydrogens (tertiary/aromatic N) is 3. The molecule has 7 nitrogen and oxygen atoms in total. The third-order valence-corrected chi connectivity index (χ3v) is 4.22. The summed E-state index contributed by atoms with van der Waals surface area (Å²) >= 11 is 0. The first kappa shape index (κ1) is 16.8. The molecule has 1 fully saturated rings. The summed E-state index contributed by atoms with van der Waals surface area (Å²) in [5, 5.41) is 5.55. The van der Waals surface area contributed by atoms with Crippen molar-refractivity contribution in [2.24, 2.45) is 5.92 Å². The molecule has 0 unspecified atom stereocenters. The molecule has 27 heavy (non-hydrogen) atoms. The Bertz CT molecular complexity index is 969. The lowest BCUT2D eigenvalue weighted by Crippen LogP contribution is -2.16. The molecule has 2 heterocycles. The number of nitrogens with one attached hydrogen (secondary N) is 2. The molecule has 7 heteroatoms. The molecule has 1 aromatic carbocycles. The van der Waals surface area contributed by atoms with Crippen LogP contribution in [0.1, 0.15) is 23.2 Å². The molecule has 2 aromatic heterocycles. The first-order chi connectivity index (χ1) is 13.2. The zero-order chi connectivity index (χ0) is 18.6. The lowest BCUT2D eigenvalue weighted by Gasteiger charge is -2.09. The molecule has 0 bridgehead atoms. The lowest BCUT2D eigenvalue weighted by atomic mass is 10.1. The number of carbonyl (C=O) groups is 2. The number of benzene rings is 1. The Kier molecular flexibility index (Phi) is 4.57. The van der Waals surface area contributed by atoms with E-state index < -0.39 is 0 Å². The highest BCUT2D eigenvalue weighted by molar-refractivity contribution is 6.07. The number of anilines is 2. The van der Waals surface area contributed by atoms with Gasteiger partial charge in [-0.05, 0) is 25.0 Å². The van der Waals surface area contributed by atoms with Gasteiger partial charge in [0.15, 0.2) is 0 Å². The Labute approximate surface area is 155 Å². The molecule has 0 radical (unpaired) electrons. The standard InChI is InChI=1S/C20H17N5O2/c26-19(14-6-7-14)25-17-9-8-15(10-22-17)24-20(27)16-11-21-12-23-18(16)13-4-2-1-3-5-13/h1-5,8-12,14H,6-7H2,(H,24,27)(H,22,25,26). The van der Waals surface area contributed by atoms with Crippen LogP contribution in [0.5, 0.6) is 0 Å². The molecule has 1 aliphatic carbocycles. The van der Waals surface area contributed by atoms with Crippen molar-refractivity contribution in [1.82, 2.24) is 15.0 Å². The molecule has 2 N–H and O–H groups in total. The molecule has 3 aromatic rings. The molecule has 0 saturated heterocycles. The van der Waals surface area contributed by atoms with Crippen LogP contribution in [0, 0.1) is 5.92 Å². The number of amides is 2. The van der Waals surface area contributed by atoms with Gasteiger partial charge in [-0.3, -0.25) is 9.59 Å². The van der Waals surface area contributed by atoms with E-state index in [9.17, 15) is 9.59 Å². The fourth-order valence-electron chi connectivity index (χ4n) is 2.64. The summed E-state index contributed by atoms with van der Waals surface area (Å²) in [6, 6.07) is 12.8. The van der Waals surface area contributed by atoms with Crippen LogP contribution in [0.2, 0.25) is 0 Å². The number of rotatable bonds is 5. The minimum Gasteiger partial charge on any atom is -0.320 e. The molecular weight excluding hydrogens is 342 g/mol. The summed E-state index contributed by atoms with van der Waals surface area (Å²) in [5.41, 5.74) is 2.28. The first-order valence-electron chi connectivity index (χ1n) is 8.64. The summed E-state index contributed by atoms with van der Waals surface area (Å²) in [6.07, 6.45) is 6.28. The van der Waals surface area contributed by atoms with Crippen molar-refractivity contribution in [3.63, 3.8) is 0 Å². The van der Waals surface area contributed by atoms with E-state index in [4.69, 9.17) is 0 Å². The zero-order valence-corrected chi connectivity index (χ0v) is 14.4. The van der Waals surface area contributed by atoms with E-state index in [1.165, 1.54) is 18.7 Å². The van der Waals surface area contributed by atoms with Gasteiger partial charge < -0.3 is 10.6 Å². The number of hydrogen-bond donors (Lipinski definition) is 2. The Hall–Kier alpha value is -3.61. The van der Waals surface area contributed by atoms with Crippen molar-refractivity contribution in [3.8, 4) is 11.3 Å². The Morgan fingerprint density at radius 1 is 0.926 bits per heavy atom. The highest BCUT2D eigenvalue weighted by Gasteiger charge is 2.29. The van der Waals surface area contributed by atoms with E-state index in [0.29, 0.717) is 22.8 Å². The van der Waals surface area contributed by atoms with Gasteiger partial charge in [-0.1, -0.05) is 30.3 Å². The second-order valence-electron chi connectivity index (χ2n) is 6.30. The fraction of sp³-hybridized carbons (Fsp3) is 0.150. The smallest absolute Gasteiger partial charge is 0.259 e. The molecule has 1 aliphatic rings. The van der Waals surface area contributed by atoms with Gasteiger partial charge in [0.05, 0.1) is 23.1 Å². The topological polar surface area (TPSA) is 96.9 Å². The van der Waals surface area contributed by atoms with Gasteiger partial charge in [0.25, 0.3) is 5.91 Å². The fourth-order valence-corrected chi connectivity index (χ4v) is 2.64. The van der Waals surface area contributed by atoms with Crippen molar-refractivity contribution >= 4 is 23.3 Å². The Morgan fingerprint density at radius 3 is 2.44 bits per heavy atom.